The van der Waals surface area contributed by atoms with E-state index in [1.54, 1.807) is 31.3 Å². The lowest BCUT2D eigenvalue weighted by atomic mass is 10.1. The van der Waals surface area contributed by atoms with Gasteiger partial charge in [0.2, 0.25) is 0 Å². The van der Waals surface area contributed by atoms with Gasteiger partial charge in [-0.3, -0.25) is 14.5 Å². The number of likely N-dealkylation sites (N-methyl/N-ethyl adjacent to an activating group) is 1. The molecule has 0 atom stereocenters. The van der Waals surface area contributed by atoms with Crippen LogP contribution in [-0.4, -0.2) is 47.8 Å². The molecular formula is C21H24N4O3. The van der Waals surface area contributed by atoms with Crippen LogP contribution >= 0.6 is 0 Å². The second-order valence-corrected chi connectivity index (χ2v) is 6.66. The molecule has 7 heteroatoms. The molecular weight excluding hydrogens is 356 g/mol. The first-order valence-corrected chi connectivity index (χ1v) is 9.09. The third-order valence-corrected chi connectivity index (χ3v) is 4.42. The van der Waals surface area contributed by atoms with Crippen molar-refractivity contribution in [2.45, 2.75) is 13.6 Å². The molecule has 0 aliphatic heterocycles. The average Bonchev–Trinajstić information content (AvgIpc) is 2.69. The van der Waals surface area contributed by atoms with Crippen molar-refractivity contribution in [3.8, 4) is 5.75 Å². The Morgan fingerprint density at radius 2 is 1.93 bits per heavy atom. The first-order valence-electron chi connectivity index (χ1n) is 9.09. The summed E-state index contributed by atoms with van der Waals surface area (Å²) in [6, 6.07) is 14.9. The molecule has 0 radical (unpaired) electrons. The number of aryl methyl sites for hydroxylation is 1. The first kappa shape index (κ1) is 19.6. The number of aromatic nitrogens is 2. The molecule has 2 aromatic carbocycles. The number of carbonyl (C=O) groups is 1. The molecule has 0 saturated heterocycles. The third kappa shape index (κ3) is 4.37. The highest BCUT2D eigenvalue weighted by atomic mass is 16.5. The van der Waals surface area contributed by atoms with Crippen LogP contribution in [0.25, 0.3) is 10.8 Å². The molecule has 1 heterocycles. The van der Waals surface area contributed by atoms with Gasteiger partial charge in [-0.2, -0.15) is 5.10 Å². The van der Waals surface area contributed by atoms with E-state index < -0.39 is 0 Å². The highest BCUT2D eigenvalue weighted by Gasteiger charge is 2.16. The minimum atomic E-state index is -0.324. The summed E-state index contributed by atoms with van der Waals surface area (Å²) < 4.78 is 7.08. The van der Waals surface area contributed by atoms with Gasteiger partial charge in [-0.05, 0) is 37.7 Å². The fourth-order valence-electron chi connectivity index (χ4n) is 2.94. The molecule has 1 aromatic heterocycles. The van der Waals surface area contributed by atoms with Crippen LogP contribution < -0.4 is 15.6 Å². The summed E-state index contributed by atoms with van der Waals surface area (Å²) in [5, 5.41) is 7.90. The Balaban J connectivity index is 1.75. The van der Waals surface area contributed by atoms with Gasteiger partial charge in [0.1, 0.15) is 12.4 Å². The molecule has 0 aliphatic rings. The number of nitrogens with one attached hydrogen (secondary N) is 1. The minimum Gasteiger partial charge on any atom is -0.492 e. The van der Waals surface area contributed by atoms with Crippen LogP contribution in [0.2, 0.25) is 0 Å². The number of benzene rings is 2. The number of nitrogens with zero attached hydrogens (tertiary/aromatic N) is 3. The number of ether oxygens (including phenoxy) is 1. The van der Waals surface area contributed by atoms with Gasteiger partial charge in [-0.15, -0.1) is 0 Å². The Labute approximate surface area is 163 Å². The molecule has 0 spiro atoms. The van der Waals surface area contributed by atoms with Crippen molar-refractivity contribution in [2.24, 2.45) is 0 Å². The van der Waals surface area contributed by atoms with Crippen LogP contribution in [0.3, 0.4) is 0 Å². The predicted octanol–water partition coefficient (Wildman–Crippen LogP) is 2.03. The second kappa shape index (κ2) is 8.67. The van der Waals surface area contributed by atoms with Crippen LogP contribution in [0.4, 0.5) is 0 Å². The summed E-state index contributed by atoms with van der Waals surface area (Å²) >= 11 is 0. The highest BCUT2D eigenvalue weighted by Crippen LogP contribution is 2.14. The van der Waals surface area contributed by atoms with E-state index in [0.717, 1.165) is 11.3 Å². The number of carbonyl (C=O) groups excluding carboxylic acids is 1. The maximum absolute atomic E-state index is 12.8. The van der Waals surface area contributed by atoms with Gasteiger partial charge in [0, 0.05) is 19.0 Å². The normalized spacial score (nSPS) is 11.0. The van der Waals surface area contributed by atoms with Gasteiger partial charge in [0.05, 0.1) is 12.1 Å². The minimum absolute atomic E-state index is 0.227. The molecule has 0 saturated carbocycles. The SMILES string of the molecule is CNC(=O)c1nn(CN(C)CCOc2cccc(C)c2)c(=O)c2ccccc12. The zero-order valence-corrected chi connectivity index (χ0v) is 16.3. The summed E-state index contributed by atoms with van der Waals surface area (Å²) in [6.07, 6.45) is 0. The molecule has 7 nitrogen and oxygen atoms in total. The van der Waals surface area contributed by atoms with Gasteiger partial charge < -0.3 is 10.1 Å². The summed E-state index contributed by atoms with van der Waals surface area (Å²) in [4.78, 5) is 26.9. The smallest absolute Gasteiger partial charge is 0.275 e. The summed E-state index contributed by atoms with van der Waals surface area (Å²) in [5.74, 6) is 0.492. The summed E-state index contributed by atoms with van der Waals surface area (Å²) in [5.41, 5.74) is 1.15. The molecule has 3 aromatic rings. The molecule has 0 fully saturated rings. The van der Waals surface area contributed by atoms with Gasteiger partial charge in [-0.25, -0.2) is 4.68 Å². The lowest BCUT2D eigenvalue weighted by Crippen LogP contribution is -2.35. The Morgan fingerprint density at radius 1 is 1.18 bits per heavy atom. The van der Waals surface area contributed by atoms with Gasteiger partial charge in [-0.1, -0.05) is 30.3 Å². The Kier molecular flexibility index (Phi) is 6.06. The van der Waals surface area contributed by atoms with Crippen LogP contribution in [0.1, 0.15) is 16.1 Å². The summed E-state index contributed by atoms with van der Waals surface area (Å²) in [6.45, 7) is 3.35. The Bertz CT molecular complexity index is 1050. The molecule has 28 heavy (non-hydrogen) atoms. The van der Waals surface area contributed by atoms with E-state index in [1.807, 2.05) is 43.1 Å². The first-order chi connectivity index (χ1) is 13.5. The van der Waals surface area contributed by atoms with Crippen LogP contribution in [0, 0.1) is 6.92 Å². The molecule has 0 unspecified atom stereocenters. The van der Waals surface area contributed by atoms with Crippen molar-refractivity contribution in [3.05, 3.63) is 70.1 Å². The van der Waals surface area contributed by atoms with Gasteiger partial charge in [0.15, 0.2) is 5.69 Å². The van der Waals surface area contributed by atoms with E-state index in [0.29, 0.717) is 23.9 Å². The van der Waals surface area contributed by atoms with E-state index in [1.165, 1.54) is 4.68 Å². The van der Waals surface area contributed by atoms with Crippen LogP contribution in [0.15, 0.2) is 53.3 Å². The van der Waals surface area contributed by atoms with E-state index in [4.69, 9.17) is 4.74 Å². The van der Waals surface area contributed by atoms with Crippen molar-refractivity contribution in [2.75, 3.05) is 27.2 Å². The third-order valence-electron chi connectivity index (χ3n) is 4.42. The second-order valence-electron chi connectivity index (χ2n) is 6.66. The van der Waals surface area contributed by atoms with Crippen molar-refractivity contribution < 1.29 is 9.53 Å². The lowest BCUT2D eigenvalue weighted by Gasteiger charge is -2.18. The summed E-state index contributed by atoms with van der Waals surface area (Å²) in [7, 11) is 3.42. The molecule has 1 N–H and O–H groups in total. The molecule has 0 bridgehead atoms. The highest BCUT2D eigenvalue weighted by molar-refractivity contribution is 6.04. The van der Waals surface area contributed by atoms with Crippen molar-refractivity contribution >= 4 is 16.7 Å². The van der Waals surface area contributed by atoms with E-state index in [-0.39, 0.29) is 23.8 Å². The zero-order valence-electron chi connectivity index (χ0n) is 16.3. The number of fused-ring (bicyclic) bond motifs is 1. The predicted molar refractivity (Wildman–Crippen MR) is 109 cm³/mol. The van der Waals surface area contributed by atoms with Crippen molar-refractivity contribution in [1.82, 2.24) is 20.0 Å². The average molecular weight is 380 g/mol. The van der Waals surface area contributed by atoms with E-state index >= 15 is 0 Å². The monoisotopic (exact) mass is 380 g/mol. The molecule has 1 amide bonds. The van der Waals surface area contributed by atoms with Crippen LogP contribution in [-0.2, 0) is 6.67 Å². The van der Waals surface area contributed by atoms with Gasteiger partial charge in [0.25, 0.3) is 11.5 Å². The topological polar surface area (TPSA) is 76.5 Å². The largest absolute Gasteiger partial charge is 0.492 e. The molecule has 0 aliphatic carbocycles. The van der Waals surface area contributed by atoms with Crippen molar-refractivity contribution in [3.63, 3.8) is 0 Å². The quantitative estimate of drug-likeness (QED) is 0.679. The van der Waals surface area contributed by atoms with E-state index in [2.05, 4.69) is 10.4 Å². The Hall–Kier alpha value is -3.19. The zero-order chi connectivity index (χ0) is 20.1. The number of hydrogen-bond donors (Lipinski definition) is 1. The van der Waals surface area contributed by atoms with Crippen molar-refractivity contribution in [1.29, 1.82) is 0 Å². The molecule has 3 rings (SSSR count). The maximum Gasteiger partial charge on any atom is 0.275 e. The number of hydrogen-bond acceptors (Lipinski definition) is 5. The fraction of sp³-hybridized carbons (Fsp3) is 0.286. The lowest BCUT2D eigenvalue weighted by molar-refractivity contribution is 0.0955. The number of rotatable bonds is 7. The van der Waals surface area contributed by atoms with Crippen LogP contribution in [0.5, 0.6) is 5.75 Å². The Morgan fingerprint density at radius 3 is 2.64 bits per heavy atom. The maximum atomic E-state index is 12.8. The van der Waals surface area contributed by atoms with E-state index in [9.17, 15) is 9.59 Å². The number of amides is 1. The fourth-order valence-corrected chi connectivity index (χ4v) is 2.94. The molecule has 146 valence electrons. The van der Waals surface area contributed by atoms with Gasteiger partial charge >= 0.3 is 0 Å². The standard InChI is InChI=1S/C21H24N4O3/c1-15-7-6-8-16(13-15)28-12-11-24(3)14-25-21(27)18-10-5-4-9-17(18)19(23-25)20(26)22-2/h4-10,13H,11-12,14H2,1-3H3,(H,22,26).